The number of rotatable bonds is 7. The number of hydrogen-bond acceptors (Lipinski definition) is 7. The lowest BCUT2D eigenvalue weighted by molar-refractivity contribution is -0.142. The van der Waals surface area contributed by atoms with Gasteiger partial charge in [-0.3, -0.25) is 4.79 Å². The first-order chi connectivity index (χ1) is 9.52. The molecule has 1 aromatic rings. The number of carboxylic acid groups (broad SMARTS) is 1. The van der Waals surface area contributed by atoms with Gasteiger partial charge in [0.05, 0.1) is 13.7 Å². The van der Waals surface area contributed by atoms with Crippen LogP contribution >= 0.6 is 0 Å². The molecule has 0 aromatic carbocycles. The van der Waals surface area contributed by atoms with Crippen LogP contribution in [0.3, 0.4) is 0 Å². The van der Waals surface area contributed by atoms with Crippen LogP contribution < -0.4 is 10.6 Å². The van der Waals surface area contributed by atoms with Crippen molar-refractivity contribution in [3.8, 4) is 0 Å². The van der Waals surface area contributed by atoms with Gasteiger partial charge in [0.15, 0.2) is 5.82 Å². The number of carboxylic acids is 1. The van der Waals surface area contributed by atoms with Crippen LogP contribution in [0.2, 0.25) is 0 Å². The highest BCUT2D eigenvalue weighted by atomic mass is 16.5. The Balaban J connectivity index is 2.38. The summed E-state index contributed by atoms with van der Waals surface area (Å²) in [7, 11) is 1.20. The Kier molecular flexibility index (Phi) is 5.87. The number of carbonyl (C=O) groups is 3. The zero-order valence-corrected chi connectivity index (χ0v) is 10.6. The number of aliphatic carboxylic acids is 1. The van der Waals surface area contributed by atoms with E-state index in [-0.39, 0.29) is 25.2 Å². The maximum atomic E-state index is 11.5. The fourth-order valence-electron chi connectivity index (χ4n) is 1.25. The standard InChI is InChI=1S/C9H14N6O5/c1-20-7(16)3-2-5(8(17)18)11-9(19)10-4-6-12-14-15-13-6/h5H,2-4H2,1H3,(H,17,18)(H2,10,11,19)(H,12,13,14,15)/t5-/m1/s1. The number of esters is 1. The first-order valence-corrected chi connectivity index (χ1v) is 5.59. The summed E-state index contributed by atoms with van der Waals surface area (Å²) in [5, 5.41) is 26.2. The third-order valence-corrected chi connectivity index (χ3v) is 2.26. The SMILES string of the molecule is COC(=O)CC[C@@H](NC(=O)NCc1nn[nH]n1)C(=O)O. The Labute approximate surface area is 113 Å². The number of ether oxygens (including phenoxy) is 1. The minimum Gasteiger partial charge on any atom is -0.480 e. The number of hydrogen-bond donors (Lipinski definition) is 4. The molecule has 0 bridgehead atoms. The number of nitrogens with zero attached hydrogens (tertiary/aromatic N) is 3. The second kappa shape index (κ2) is 7.66. The number of methoxy groups -OCH3 is 1. The Morgan fingerprint density at radius 3 is 2.75 bits per heavy atom. The lowest BCUT2D eigenvalue weighted by Gasteiger charge is -2.14. The minimum atomic E-state index is -1.25. The van der Waals surface area contributed by atoms with E-state index in [0.717, 1.165) is 0 Å². The van der Waals surface area contributed by atoms with Crippen molar-refractivity contribution in [1.82, 2.24) is 31.3 Å². The molecule has 0 aliphatic carbocycles. The normalized spacial score (nSPS) is 11.4. The van der Waals surface area contributed by atoms with Gasteiger partial charge < -0.3 is 20.5 Å². The van der Waals surface area contributed by atoms with E-state index >= 15 is 0 Å². The average Bonchev–Trinajstić information content (AvgIpc) is 2.93. The molecule has 1 rings (SSSR count). The van der Waals surface area contributed by atoms with Gasteiger partial charge in [-0.05, 0) is 6.42 Å². The van der Waals surface area contributed by atoms with E-state index in [0.29, 0.717) is 0 Å². The van der Waals surface area contributed by atoms with E-state index < -0.39 is 24.0 Å². The van der Waals surface area contributed by atoms with E-state index in [1.54, 1.807) is 0 Å². The van der Waals surface area contributed by atoms with E-state index in [9.17, 15) is 14.4 Å². The van der Waals surface area contributed by atoms with E-state index in [4.69, 9.17) is 5.11 Å². The molecule has 0 aliphatic heterocycles. The average molecular weight is 286 g/mol. The number of aromatic amines is 1. The molecule has 0 spiro atoms. The first-order valence-electron chi connectivity index (χ1n) is 5.59. The molecular formula is C9H14N6O5. The summed E-state index contributed by atoms with van der Waals surface area (Å²) in [6, 6.07) is -1.91. The summed E-state index contributed by atoms with van der Waals surface area (Å²) >= 11 is 0. The largest absolute Gasteiger partial charge is 0.480 e. The predicted molar refractivity (Wildman–Crippen MR) is 62.2 cm³/mol. The lowest BCUT2D eigenvalue weighted by Crippen LogP contribution is -2.46. The second-order valence-electron chi connectivity index (χ2n) is 3.66. The van der Waals surface area contributed by atoms with Crippen molar-refractivity contribution in [2.45, 2.75) is 25.4 Å². The highest BCUT2D eigenvalue weighted by molar-refractivity contribution is 5.83. The second-order valence-corrected chi connectivity index (χ2v) is 3.66. The molecule has 4 N–H and O–H groups in total. The molecule has 11 heteroatoms. The highest BCUT2D eigenvalue weighted by Gasteiger charge is 2.21. The number of urea groups is 1. The van der Waals surface area contributed by atoms with Crippen LogP contribution in [0.25, 0.3) is 0 Å². The molecule has 20 heavy (non-hydrogen) atoms. The van der Waals surface area contributed by atoms with Crippen LogP contribution in [0, 0.1) is 0 Å². The molecule has 0 saturated heterocycles. The topological polar surface area (TPSA) is 159 Å². The lowest BCUT2D eigenvalue weighted by atomic mass is 10.1. The minimum absolute atomic E-state index is 0.00826. The summed E-state index contributed by atoms with van der Waals surface area (Å²) in [5.41, 5.74) is 0. The fraction of sp³-hybridized carbons (Fsp3) is 0.556. The van der Waals surface area contributed by atoms with Gasteiger partial charge in [-0.25, -0.2) is 9.59 Å². The van der Waals surface area contributed by atoms with Gasteiger partial charge in [-0.15, -0.1) is 10.2 Å². The maximum Gasteiger partial charge on any atom is 0.326 e. The molecule has 1 heterocycles. The molecule has 1 aromatic heterocycles. The van der Waals surface area contributed by atoms with E-state index in [1.165, 1.54) is 7.11 Å². The van der Waals surface area contributed by atoms with Crippen LogP contribution in [0.15, 0.2) is 0 Å². The van der Waals surface area contributed by atoms with Crippen molar-refractivity contribution in [1.29, 1.82) is 0 Å². The summed E-state index contributed by atoms with van der Waals surface area (Å²) in [6.45, 7) is -0.00826. The Morgan fingerprint density at radius 1 is 1.45 bits per heavy atom. The maximum absolute atomic E-state index is 11.5. The summed E-state index contributed by atoms with van der Waals surface area (Å²) in [6.07, 6.45) is -0.184. The smallest absolute Gasteiger partial charge is 0.326 e. The molecule has 11 nitrogen and oxygen atoms in total. The van der Waals surface area contributed by atoms with Crippen molar-refractivity contribution >= 4 is 18.0 Å². The Bertz CT molecular complexity index is 461. The molecule has 1 atom stereocenters. The quantitative estimate of drug-likeness (QED) is 0.436. The van der Waals surface area contributed by atoms with Crippen LogP contribution in [0.1, 0.15) is 18.7 Å². The molecule has 2 amide bonds. The van der Waals surface area contributed by atoms with Gasteiger partial charge in [0, 0.05) is 6.42 Å². The number of nitrogens with one attached hydrogen (secondary N) is 3. The molecule has 0 unspecified atom stereocenters. The fourth-order valence-corrected chi connectivity index (χ4v) is 1.25. The van der Waals surface area contributed by atoms with Gasteiger partial charge >= 0.3 is 18.0 Å². The number of aromatic nitrogens is 4. The van der Waals surface area contributed by atoms with Gasteiger partial charge in [-0.1, -0.05) is 5.21 Å². The van der Waals surface area contributed by atoms with Crippen molar-refractivity contribution in [2.75, 3.05) is 7.11 Å². The molecular weight excluding hydrogens is 272 g/mol. The first kappa shape index (κ1) is 15.3. The zero-order valence-electron chi connectivity index (χ0n) is 10.6. The summed E-state index contributed by atoms with van der Waals surface area (Å²) in [5.74, 6) is -1.55. The predicted octanol–water partition coefficient (Wildman–Crippen LogP) is -1.59. The Morgan fingerprint density at radius 2 is 2.20 bits per heavy atom. The van der Waals surface area contributed by atoms with Gasteiger partial charge in [0.2, 0.25) is 0 Å². The van der Waals surface area contributed by atoms with Crippen molar-refractivity contribution in [3.63, 3.8) is 0 Å². The summed E-state index contributed by atoms with van der Waals surface area (Å²) < 4.78 is 4.39. The van der Waals surface area contributed by atoms with Crippen LogP contribution in [-0.2, 0) is 20.9 Å². The van der Waals surface area contributed by atoms with Crippen molar-refractivity contribution in [3.05, 3.63) is 5.82 Å². The number of amides is 2. The number of tetrazole rings is 1. The summed E-state index contributed by atoms with van der Waals surface area (Å²) in [4.78, 5) is 33.3. The highest BCUT2D eigenvalue weighted by Crippen LogP contribution is 1.99. The van der Waals surface area contributed by atoms with E-state index in [1.807, 2.05) is 0 Å². The number of H-pyrrole nitrogens is 1. The van der Waals surface area contributed by atoms with Gasteiger partial charge in [0.25, 0.3) is 0 Å². The molecule has 0 radical (unpaired) electrons. The zero-order chi connectivity index (χ0) is 15.0. The monoisotopic (exact) mass is 286 g/mol. The van der Waals surface area contributed by atoms with Crippen molar-refractivity contribution < 1.29 is 24.2 Å². The molecule has 0 saturated carbocycles. The van der Waals surface area contributed by atoms with Crippen molar-refractivity contribution in [2.24, 2.45) is 0 Å². The molecule has 0 fully saturated rings. The third-order valence-electron chi connectivity index (χ3n) is 2.26. The van der Waals surface area contributed by atoms with Gasteiger partial charge in [0.1, 0.15) is 6.04 Å². The molecule has 0 aliphatic rings. The Hall–Kier alpha value is -2.72. The van der Waals surface area contributed by atoms with Crippen LogP contribution in [-0.4, -0.2) is 56.9 Å². The third kappa shape index (κ3) is 5.29. The van der Waals surface area contributed by atoms with Crippen LogP contribution in [0.4, 0.5) is 4.79 Å². The van der Waals surface area contributed by atoms with Gasteiger partial charge in [-0.2, -0.15) is 5.21 Å². The van der Waals surface area contributed by atoms with E-state index in [2.05, 4.69) is 36.0 Å². The van der Waals surface area contributed by atoms with Crippen LogP contribution in [0.5, 0.6) is 0 Å². The number of carbonyl (C=O) groups excluding carboxylic acids is 2. The molecule has 110 valence electrons.